The van der Waals surface area contributed by atoms with Crippen molar-refractivity contribution in [2.75, 3.05) is 0 Å². The van der Waals surface area contributed by atoms with Crippen molar-refractivity contribution in [1.82, 2.24) is 0 Å². The highest BCUT2D eigenvalue weighted by molar-refractivity contribution is 5.93. The fourth-order valence-electron chi connectivity index (χ4n) is 2.94. The molecule has 22 heavy (non-hydrogen) atoms. The van der Waals surface area contributed by atoms with Crippen LogP contribution in [-0.2, 0) is 6.42 Å². The maximum absolute atomic E-state index is 11.2. The van der Waals surface area contributed by atoms with Crippen LogP contribution in [0, 0.1) is 13.5 Å². The van der Waals surface area contributed by atoms with Crippen LogP contribution in [-0.4, -0.2) is 11.1 Å². The molecule has 0 unspecified atom stereocenters. The normalized spacial score (nSPS) is 13.0. The van der Waals surface area contributed by atoms with Crippen LogP contribution < -0.4 is 0 Å². The predicted octanol–water partition coefficient (Wildman–Crippen LogP) is 4.62. The summed E-state index contributed by atoms with van der Waals surface area (Å²) >= 11 is 0. The molecule has 0 saturated carbocycles. The van der Waals surface area contributed by atoms with Gasteiger partial charge in [0, 0.05) is 0 Å². The van der Waals surface area contributed by atoms with Crippen molar-refractivity contribution in [2.24, 2.45) is 0 Å². The predicted molar refractivity (Wildman–Crippen MR) is 86.2 cm³/mol. The van der Waals surface area contributed by atoms with Gasteiger partial charge in [-0.05, 0) is 59.7 Å². The summed E-state index contributed by atoms with van der Waals surface area (Å²) in [5.41, 5.74) is 5.79. The van der Waals surface area contributed by atoms with Crippen LogP contribution in [0.1, 0.15) is 39.0 Å². The smallest absolute Gasteiger partial charge is 0.335 e. The maximum Gasteiger partial charge on any atom is 0.335 e. The highest BCUT2D eigenvalue weighted by Gasteiger charge is 2.19. The van der Waals surface area contributed by atoms with Crippen LogP contribution in [0.15, 0.2) is 42.5 Å². The van der Waals surface area contributed by atoms with Crippen LogP contribution in [0.3, 0.4) is 0 Å². The number of carbonyl (C=O) groups is 1. The summed E-state index contributed by atoms with van der Waals surface area (Å²) in [4.78, 5) is 14.9. The van der Waals surface area contributed by atoms with Gasteiger partial charge in [-0.1, -0.05) is 30.3 Å². The van der Waals surface area contributed by atoms with E-state index in [1.165, 1.54) is 0 Å². The first-order valence-electron chi connectivity index (χ1n) is 7.16. The van der Waals surface area contributed by atoms with Gasteiger partial charge in [-0.2, -0.15) is 0 Å². The summed E-state index contributed by atoms with van der Waals surface area (Å²) in [6.45, 7) is 9.37. The van der Waals surface area contributed by atoms with E-state index in [1.807, 2.05) is 31.2 Å². The maximum atomic E-state index is 11.2. The molecule has 0 bridgehead atoms. The second kappa shape index (κ2) is 5.50. The molecule has 2 aromatic carbocycles. The minimum Gasteiger partial charge on any atom is -0.478 e. The molecular weight excluding hydrogens is 274 g/mol. The molecule has 1 aliphatic rings. The Morgan fingerprint density at radius 3 is 2.77 bits per heavy atom. The number of aryl methyl sites for hydroxylation is 2. The number of para-hydroxylation sites is 1. The Hall–Kier alpha value is -2.86. The fourth-order valence-corrected chi connectivity index (χ4v) is 2.94. The number of carboxylic acid groups (broad SMARTS) is 1. The highest BCUT2D eigenvalue weighted by Crippen LogP contribution is 2.38. The third-order valence-corrected chi connectivity index (χ3v) is 4.05. The van der Waals surface area contributed by atoms with Gasteiger partial charge in [-0.25, -0.2) is 9.64 Å². The molecule has 0 spiro atoms. The zero-order valence-electron chi connectivity index (χ0n) is 12.3. The van der Waals surface area contributed by atoms with Gasteiger partial charge in [-0.15, -0.1) is 0 Å². The largest absolute Gasteiger partial charge is 0.478 e. The minimum absolute atomic E-state index is 0.281. The molecule has 0 heterocycles. The zero-order valence-corrected chi connectivity index (χ0v) is 12.3. The number of aromatic carboxylic acids is 1. The molecule has 2 aromatic rings. The van der Waals surface area contributed by atoms with E-state index in [1.54, 1.807) is 12.1 Å². The number of hydrogen-bond acceptors (Lipinski definition) is 1. The van der Waals surface area contributed by atoms with Gasteiger partial charge < -0.3 is 5.11 Å². The molecule has 0 aliphatic heterocycles. The van der Waals surface area contributed by atoms with Crippen LogP contribution >= 0.6 is 0 Å². The van der Waals surface area contributed by atoms with E-state index < -0.39 is 5.97 Å². The lowest BCUT2D eigenvalue weighted by molar-refractivity contribution is 0.0697. The van der Waals surface area contributed by atoms with Crippen LogP contribution in [0.2, 0.25) is 0 Å². The number of benzene rings is 2. The Kier molecular flexibility index (Phi) is 3.52. The summed E-state index contributed by atoms with van der Waals surface area (Å²) in [5.74, 6) is -0.928. The number of hydrogen-bond donors (Lipinski definition) is 1. The molecule has 108 valence electrons. The number of carboxylic acids is 1. The fraction of sp³-hybridized carbons (Fsp3) is 0.158. The monoisotopic (exact) mass is 289 g/mol. The Balaban J connectivity index is 2.22. The molecule has 0 amide bonds. The van der Waals surface area contributed by atoms with Gasteiger partial charge in [0.05, 0.1) is 12.1 Å². The van der Waals surface area contributed by atoms with E-state index in [9.17, 15) is 9.90 Å². The lowest BCUT2D eigenvalue weighted by atomic mass is 9.85. The molecular formula is C19H15NO2. The molecule has 1 N–H and O–H groups in total. The number of rotatable bonds is 2. The molecule has 0 aromatic heterocycles. The molecule has 0 atom stereocenters. The third-order valence-electron chi connectivity index (χ3n) is 4.05. The van der Waals surface area contributed by atoms with Crippen molar-refractivity contribution in [2.45, 2.75) is 19.8 Å². The molecule has 3 heteroatoms. The van der Waals surface area contributed by atoms with Gasteiger partial charge in [0.15, 0.2) is 5.69 Å². The Labute approximate surface area is 129 Å². The van der Waals surface area contributed by atoms with E-state index in [-0.39, 0.29) is 5.56 Å². The number of fused-ring (bicyclic) bond motifs is 1. The van der Waals surface area contributed by atoms with Crippen molar-refractivity contribution in [3.05, 3.63) is 81.7 Å². The van der Waals surface area contributed by atoms with E-state index in [0.717, 1.165) is 40.7 Å². The van der Waals surface area contributed by atoms with Gasteiger partial charge >= 0.3 is 5.97 Å². The summed E-state index contributed by atoms with van der Waals surface area (Å²) in [6.07, 6.45) is 3.91. The lowest BCUT2D eigenvalue weighted by Crippen LogP contribution is -2.05. The average molecular weight is 289 g/mol. The molecule has 3 nitrogen and oxygen atoms in total. The van der Waals surface area contributed by atoms with Crippen molar-refractivity contribution in [1.29, 1.82) is 0 Å². The van der Waals surface area contributed by atoms with Gasteiger partial charge in [-0.3, -0.25) is 0 Å². The Morgan fingerprint density at radius 2 is 2.05 bits per heavy atom. The standard InChI is InChI=1S/C19H15NO2/c1-12-5-3-8-16(18(12)20-2)15-7-4-6-13-9-10-14(19(21)22)11-17(13)15/h3,5,7-11H,4,6H2,1H3,(H,21,22). The van der Waals surface area contributed by atoms with E-state index in [0.29, 0.717) is 5.69 Å². The SMILES string of the molecule is [C-]#[N+]c1c(C)cccc1C1=CCCc2ccc(C(=O)O)cc21. The highest BCUT2D eigenvalue weighted by atomic mass is 16.4. The summed E-state index contributed by atoms with van der Waals surface area (Å²) < 4.78 is 0. The summed E-state index contributed by atoms with van der Waals surface area (Å²) in [5, 5.41) is 9.22. The van der Waals surface area contributed by atoms with E-state index in [4.69, 9.17) is 6.57 Å². The zero-order chi connectivity index (χ0) is 15.7. The second-order valence-electron chi connectivity index (χ2n) is 5.42. The molecule has 3 rings (SSSR count). The summed E-state index contributed by atoms with van der Waals surface area (Å²) in [7, 11) is 0. The lowest BCUT2D eigenvalue weighted by Gasteiger charge is -2.20. The van der Waals surface area contributed by atoms with Crippen LogP contribution in [0.5, 0.6) is 0 Å². The molecule has 0 saturated heterocycles. The van der Waals surface area contributed by atoms with Gasteiger partial charge in [0.2, 0.25) is 0 Å². The van der Waals surface area contributed by atoms with Crippen LogP contribution in [0.4, 0.5) is 5.69 Å². The molecule has 0 fully saturated rings. The number of allylic oxidation sites excluding steroid dienone is 1. The molecule has 1 aliphatic carbocycles. The van der Waals surface area contributed by atoms with E-state index >= 15 is 0 Å². The van der Waals surface area contributed by atoms with Crippen molar-refractivity contribution >= 4 is 17.2 Å². The average Bonchev–Trinajstić information content (AvgIpc) is 2.53. The third kappa shape index (κ3) is 2.29. The first kappa shape index (κ1) is 14.1. The first-order chi connectivity index (χ1) is 10.6. The molecule has 0 radical (unpaired) electrons. The topological polar surface area (TPSA) is 41.7 Å². The quantitative estimate of drug-likeness (QED) is 0.819. The van der Waals surface area contributed by atoms with E-state index in [2.05, 4.69) is 10.9 Å². The first-order valence-corrected chi connectivity index (χ1v) is 7.16. The van der Waals surface area contributed by atoms with Gasteiger partial charge in [0.1, 0.15) is 0 Å². The van der Waals surface area contributed by atoms with Crippen LogP contribution in [0.25, 0.3) is 10.4 Å². The van der Waals surface area contributed by atoms with Crippen molar-refractivity contribution in [3.8, 4) is 0 Å². The van der Waals surface area contributed by atoms with Gasteiger partial charge in [0.25, 0.3) is 0 Å². The Bertz CT molecular complexity index is 841. The summed E-state index contributed by atoms with van der Waals surface area (Å²) in [6, 6.07) is 11.1. The number of nitrogens with zero attached hydrogens (tertiary/aromatic N) is 1. The second-order valence-corrected chi connectivity index (χ2v) is 5.42. The minimum atomic E-state index is -0.928. The van der Waals surface area contributed by atoms with Crippen molar-refractivity contribution in [3.63, 3.8) is 0 Å². The Morgan fingerprint density at radius 1 is 1.23 bits per heavy atom. The van der Waals surface area contributed by atoms with Crippen molar-refractivity contribution < 1.29 is 9.90 Å².